The molecule has 0 heterocycles. The van der Waals surface area contributed by atoms with Crippen LogP contribution in [0.4, 0.5) is 8.78 Å². The summed E-state index contributed by atoms with van der Waals surface area (Å²) < 4.78 is 31.6. The highest BCUT2D eigenvalue weighted by Gasteiger charge is 2.13. The average Bonchev–Trinajstić information content (AvgIpc) is 2.36. The number of hydrogen-bond acceptors (Lipinski definition) is 3. The summed E-state index contributed by atoms with van der Waals surface area (Å²) >= 11 is 0. The number of aliphatic hydroxyl groups is 1. The van der Waals surface area contributed by atoms with Crippen molar-refractivity contribution in [2.24, 2.45) is 0 Å². The Morgan fingerprint density at radius 2 is 2.11 bits per heavy atom. The van der Waals surface area contributed by atoms with E-state index in [2.05, 4.69) is 5.32 Å². The Kier molecular flexibility index (Phi) is 6.78. The van der Waals surface area contributed by atoms with E-state index in [0.29, 0.717) is 25.3 Å². The first-order valence-corrected chi connectivity index (χ1v) is 6.02. The lowest BCUT2D eigenvalue weighted by Crippen LogP contribution is -2.22. The minimum Gasteiger partial charge on any atom is -0.394 e. The third-order valence-electron chi connectivity index (χ3n) is 2.60. The van der Waals surface area contributed by atoms with Crippen LogP contribution >= 0.6 is 0 Å². The van der Waals surface area contributed by atoms with Crippen LogP contribution in [0.1, 0.15) is 24.9 Å². The molecule has 0 bridgehead atoms. The van der Waals surface area contributed by atoms with Gasteiger partial charge in [0.2, 0.25) is 0 Å². The van der Waals surface area contributed by atoms with Crippen molar-refractivity contribution in [3.05, 3.63) is 35.4 Å². The van der Waals surface area contributed by atoms with Gasteiger partial charge < -0.3 is 15.2 Å². The zero-order valence-electron chi connectivity index (χ0n) is 10.5. The zero-order valence-corrected chi connectivity index (χ0v) is 10.5. The number of aliphatic hydroxyl groups excluding tert-OH is 1. The van der Waals surface area contributed by atoms with Crippen molar-refractivity contribution in [2.75, 3.05) is 26.4 Å². The Balaban J connectivity index is 2.32. The molecule has 1 unspecified atom stereocenters. The quantitative estimate of drug-likeness (QED) is 0.702. The molecule has 1 aromatic rings. The van der Waals surface area contributed by atoms with Gasteiger partial charge in [-0.2, -0.15) is 0 Å². The first-order chi connectivity index (χ1) is 8.66. The molecule has 0 radical (unpaired) electrons. The van der Waals surface area contributed by atoms with Crippen molar-refractivity contribution in [3.63, 3.8) is 0 Å². The van der Waals surface area contributed by atoms with Crippen LogP contribution in [0.5, 0.6) is 0 Å². The fourth-order valence-electron chi connectivity index (χ4n) is 1.62. The topological polar surface area (TPSA) is 41.5 Å². The van der Waals surface area contributed by atoms with Crippen molar-refractivity contribution in [3.8, 4) is 0 Å². The molecule has 0 aliphatic carbocycles. The maximum absolute atomic E-state index is 13.5. The molecular formula is C13H19F2NO2. The van der Waals surface area contributed by atoms with Gasteiger partial charge in [-0.05, 0) is 26.0 Å². The van der Waals surface area contributed by atoms with Gasteiger partial charge in [0, 0.05) is 18.2 Å². The third-order valence-corrected chi connectivity index (χ3v) is 2.60. The number of halogens is 2. The van der Waals surface area contributed by atoms with Crippen LogP contribution < -0.4 is 5.32 Å². The van der Waals surface area contributed by atoms with E-state index < -0.39 is 11.6 Å². The van der Waals surface area contributed by atoms with E-state index >= 15 is 0 Å². The second-order valence-electron chi connectivity index (χ2n) is 4.01. The fraction of sp³-hybridized carbons (Fsp3) is 0.538. The van der Waals surface area contributed by atoms with Gasteiger partial charge in [-0.25, -0.2) is 8.78 Å². The highest BCUT2D eigenvalue weighted by atomic mass is 19.2. The monoisotopic (exact) mass is 259 g/mol. The van der Waals surface area contributed by atoms with E-state index in [4.69, 9.17) is 9.84 Å². The summed E-state index contributed by atoms with van der Waals surface area (Å²) in [5.74, 6) is -1.62. The smallest absolute Gasteiger partial charge is 0.163 e. The van der Waals surface area contributed by atoms with Crippen molar-refractivity contribution < 1.29 is 18.6 Å². The van der Waals surface area contributed by atoms with Crippen LogP contribution in [-0.2, 0) is 4.74 Å². The minimum atomic E-state index is -0.826. The van der Waals surface area contributed by atoms with Crippen LogP contribution in [0, 0.1) is 11.6 Å². The molecule has 0 fully saturated rings. The molecule has 0 saturated carbocycles. The van der Waals surface area contributed by atoms with Crippen LogP contribution in [-0.4, -0.2) is 31.5 Å². The Morgan fingerprint density at radius 3 is 2.83 bits per heavy atom. The summed E-state index contributed by atoms with van der Waals surface area (Å²) in [4.78, 5) is 0. The predicted octanol–water partition coefficient (Wildman–Crippen LogP) is 2.01. The highest BCUT2D eigenvalue weighted by Crippen LogP contribution is 2.18. The SMILES string of the molecule is CC(NCCCOCCO)c1cccc(F)c1F. The maximum Gasteiger partial charge on any atom is 0.163 e. The lowest BCUT2D eigenvalue weighted by Gasteiger charge is -2.15. The number of nitrogens with one attached hydrogen (secondary N) is 1. The van der Waals surface area contributed by atoms with Gasteiger partial charge in [-0.3, -0.25) is 0 Å². The first kappa shape index (κ1) is 15.0. The second-order valence-corrected chi connectivity index (χ2v) is 4.01. The second kappa shape index (κ2) is 8.13. The summed E-state index contributed by atoms with van der Waals surface area (Å²) in [6, 6.07) is 3.92. The first-order valence-electron chi connectivity index (χ1n) is 6.02. The van der Waals surface area contributed by atoms with Gasteiger partial charge in [0.25, 0.3) is 0 Å². The molecular weight excluding hydrogens is 240 g/mol. The van der Waals surface area contributed by atoms with Crippen LogP contribution in [0.25, 0.3) is 0 Å². The molecule has 18 heavy (non-hydrogen) atoms. The molecule has 102 valence electrons. The molecule has 5 heteroatoms. The maximum atomic E-state index is 13.5. The van der Waals surface area contributed by atoms with E-state index in [1.165, 1.54) is 6.07 Å². The summed E-state index contributed by atoms with van der Waals surface area (Å²) in [5.41, 5.74) is 0.325. The molecule has 0 aliphatic heterocycles. The molecule has 0 amide bonds. The normalized spacial score (nSPS) is 12.7. The molecule has 1 atom stereocenters. The van der Waals surface area contributed by atoms with Gasteiger partial charge in [-0.15, -0.1) is 0 Å². The third kappa shape index (κ3) is 4.68. The largest absolute Gasteiger partial charge is 0.394 e. The van der Waals surface area contributed by atoms with Crippen LogP contribution in [0.3, 0.4) is 0 Å². The summed E-state index contributed by atoms with van der Waals surface area (Å²) in [5, 5.41) is 11.6. The van der Waals surface area contributed by atoms with Gasteiger partial charge in [0.1, 0.15) is 0 Å². The Hall–Kier alpha value is -1.04. The molecule has 3 nitrogen and oxygen atoms in total. The molecule has 0 spiro atoms. The predicted molar refractivity (Wildman–Crippen MR) is 65.3 cm³/mol. The highest BCUT2D eigenvalue weighted by molar-refractivity contribution is 5.21. The zero-order chi connectivity index (χ0) is 13.4. The molecule has 0 saturated heterocycles. The summed E-state index contributed by atoms with van der Waals surface area (Å²) in [6.07, 6.45) is 0.751. The molecule has 1 rings (SSSR count). The Morgan fingerprint density at radius 1 is 1.33 bits per heavy atom. The summed E-state index contributed by atoms with van der Waals surface area (Å²) in [7, 11) is 0. The van der Waals surface area contributed by atoms with Crippen molar-refractivity contribution in [1.82, 2.24) is 5.32 Å². The van der Waals surface area contributed by atoms with E-state index in [1.807, 2.05) is 0 Å². The van der Waals surface area contributed by atoms with Crippen LogP contribution in [0.15, 0.2) is 18.2 Å². The molecule has 0 aliphatic rings. The van der Waals surface area contributed by atoms with Gasteiger partial charge in [-0.1, -0.05) is 12.1 Å². The van der Waals surface area contributed by atoms with E-state index in [1.54, 1.807) is 13.0 Å². The average molecular weight is 259 g/mol. The van der Waals surface area contributed by atoms with Gasteiger partial charge >= 0.3 is 0 Å². The van der Waals surface area contributed by atoms with Gasteiger partial charge in [0.05, 0.1) is 13.2 Å². The molecule has 2 N–H and O–H groups in total. The van der Waals surface area contributed by atoms with Crippen molar-refractivity contribution in [2.45, 2.75) is 19.4 Å². The number of ether oxygens (including phenoxy) is 1. The van der Waals surface area contributed by atoms with Crippen LogP contribution in [0.2, 0.25) is 0 Å². The lowest BCUT2D eigenvalue weighted by molar-refractivity contribution is 0.0904. The number of benzene rings is 1. The lowest BCUT2D eigenvalue weighted by atomic mass is 10.1. The number of hydrogen-bond donors (Lipinski definition) is 2. The fourth-order valence-corrected chi connectivity index (χ4v) is 1.62. The summed E-state index contributed by atoms with van der Waals surface area (Å²) in [6.45, 7) is 3.30. The van der Waals surface area contributed by atoms with E-state index in [9.17, 15) is 8.78 Å². The van der Waals surface area contributed by atoms with Gasteiger partial charge in [0.15, 0.2) is 11.6 Å². The Labute approximate surface area is 106 Å². The van der Waals surface area contributed by atoms with Crippen molar-refractivity contribution >= 4 is 0 Å². The minimum absolute atomic E-state index is 0.0122. The van der Waals surface area contributed by atoms with E-state index in [-0.39, 0.29) is 12.6 Å². The molecule has 1 aromatic carbocycles. The van der Waals surface area contributed by atoms with Crippen molar-refractivity contribution in [1.29, 1.82) is 0 Å². The standard InChI is InChI=1S/C13H19F2NO2/c1-10(16-6-3-8-18-9-7-17)11-4-2-5-12(14)13(11)15/h2,4-5,10,16-17H,3,6-9H2,1H3. The Bertz CT molecular complexity index is 361. The molecule has 0 aromatic heterocycles. The number of rotatable bonds is 8. The van der Waals surface area contributed by atoms with E-state index in [0.717, 1.165) is 12.5 Å².